The zero-order valence-electron chi connectivity index (χ0n) is 9.68. The van der Waals surface area contributed by atoms with Crippen LogP contribution < -0.4 is 5.73 Å². The minimum absolute atomic E-state index is 0.0272. The fourth-order valence-electron chi connectivity index (χ4n) is 1.47. The molecule has 2 heterocycles. The van der Waals surface area contributed by atoms with Gasteiger partial charge < -0.3 is 5.73 Å². The predicted molar refractivity (Wildman–Crippen MR) is 67.7 cm³/mol. The average molecular weight is 268 g/mol. The average Bonchev–Trinajstić information content (AvgIpc) is 2.72. The van der Waals surface area contributed by atoms with E-state index in [1.807, 2.05) is 20.9 Å². The first-order chi connectivity index (χ1) is 7.99. The molecular formula is C9H12N6S2. The van der Waals surface area contributed by atoms with E-state index in [1.54, 1.807) is 4.68 Å². The summed E-state index contributed by atoms with van der Waals surface area (Å²) in [5, 5.41) is 12.7. The SMILES string of the molecule is Cc1nsc(Sc2c(C(=N)N)c(C)nn2C)n1. The van der Waals surface area contributed by atoms with E-state index in [9.17, 15) is 0 Å². The summed E-state index contributed by atoms with van der Waals surface area (Å²) in [6.45, 7) is 3.69. The largest absolute Gasteiger partial charge is 0.384 e. The maximum atomic E-state index is 7.58. The van der Waals surface area contributed by atoms with Gasteiger partial charge in [-0.25, -0.2) is 4.98 Å². The van der Waals surface area contributed by atoms with Crippen LogP contribution in [-0.2, 0) is 7.05 Å². The predicted octanol–water partition coefficient (Wildman–Crippen LogP) is 1.32. The highest BCUT2D eigenvalue weighted by Gasteiger charge is 2.18. The molecule has 0 aliphatic heterocycles. The lowest BCUT2D eigenvalue weighted by atomic mass is 10.2. The maximum Gasteiger partial charge on any atom is 0.176 e. The summed E-state index contributed by atoms with van der Waals surface area (Å²) < 4.78 is 6.66. The highest BCUT2D eigenvalue weighted by atomic mass is 32.2. The van der Waals surface area contributed by atoms with Gasteiger partial charge in [-0.1, -0.05) is 0 Å². The number of nitrogens with zero attached hydrogens (tertiary/aromatic N) is 4. The Kier molecular flexibility index (Phi) is 3.16. The monoisotopic (exact) mass is 268 g/mol. The minimum atomic E-state index is 0.0272. The van der Waals surface area contributed by atoms with E-state index in [0.29, 0.717) is 5.56 Å². The Labute approximate surface area is 107 Å². The van der Waals surface area contributed by atoms with Crippen LogP contribution in [0.3, 0.4) is 0 Å². The van der Waals surface area contributed by atoms with Crippen LogP contribution in [0, 0.1) is 19.3 Å². The van der Waals surface area contributed by atoms with E-state index in [0.717, 1.165) is 20.9 Å². The van der Waals surface area contributed by atoms with Crippen LogP contribution in [0.2, 0.25) is 0 Å². The Bertz CT molecular complexity index is 570. The van der Waals surface area contributed by atoms with E-state index >= 15 is 0 Å². The molecule has 0 aromatic carbocycles. The van der Waals surface area contributed by atoms with Gasteiger partial charge in [0.1, 0.15) is 16.7 Å². The Morgan fingerprint density at radius 2 is 2.18 bits per heavy atom. The van der Waals surface area contributed by atoms with E-state index in [1.165, 1.54) is 23.3 Å². The fourth-order valence-corrected chi connectivity index (χ4v) is 3.26. The summed E-state index contributed by atoms with van der Waals surface area (Å²) in [5.74, 6) is 0.778. The first-order valence-electron chi connectivity index (χ1n) is 4.85. The van der Waals surface area contributed by atoms with E-state index < -0.39 is 0 Å². The standard InChI is InChI=1S/C9H12N6S2/c1-4-6(7(10)11)8(15(3)13-4)16-9-12-5(2)14-17-9/h1-3H3,(H3,10,11). The van der Waals surface area contributed by atoms with Crippen molar-refractivity contribution in [1.82, 2.24) is 19.1 Å². The highest BCUT2D eigenvalue weighted by molar-refractivity contribution is 8.01. The van der Waals surface area contributed by atoms with Crippen molar-refractivity contribution in [2.75, 3.05) is 0 Å². The van der Waals surface area contributed by atoms with Crippen LogP contribution in [-0.4, -0.2) is 25.0 Å². The van der Waals surface area contributed by atoms with Crippen molar-refractivity contribution in [2.24, 2.45) is 12.8 Å². The second-order valence-electron chi connectivity index (χ2n) is 3.51. The second-order valence-corrected chi connectivity index (χ2v) is 5.50. The van der Waals surface area contributed by atoms with Gasteiger partial charge in [0, 0.05) is 7.05 Å². The topological polar surface area (TPSA) is 93.5 Å². The van der Waals surface area contributed by atoms with Crippen molar-refractivity contribution in [3.8, 4) is 0 Å². The summed E-state index contributed by atoms with van der Waals surface area (Å²) in [7, 11) is 1.83. The van der Waals surface area contributed by atoms with Crippen LogP contribution >= 0.6 is 23.3 Å². The van der Waals surface area contributed by atoms with Crippen LogP contribution in [0.4, 0.5) is 0 Å². The molecule has 6 nitrogen and oxygen atoms in total. The van der Waals surface area contributed by atoms with Crippen molar-refractivity contribution < 1.29 is 0 Å². The normalized spacial score (nSPS) is 10.8. The summed E-state index contributed by atoms with van der Waals surface area (Å²) >= 11 is 2.77. The quantitative estimate of drug-likeness (QED) is 0.647. The highest BCUT2D eigenvalue weighted by Crippen LogP contribution is 2.32. The Morgan fingerprint density at radius 1 is 1.47 bits per heavy atom. The summed E-state index contributed by atoms with van der Waals surface area (Å²) in [6, 6.07) is 0. The molecule has 0 atom stereocenters. The van der Waals surface area contributed by atoms with Gasteiger partial charge >= 0.3 is 0 Å². The lowest BCUT2D eigenvalue weighted by molar-refractivity contribution is 0.691. The minimum Gasteiger partial charge on any atom is -0.384 e. The maximum absolute atomic E-state index is 7.58. The van der Waals surface area contributed by atoms with Crippen molar-refractivity contribution in [2.45, 2.75) is 23.2 Å². The lowest BCUT2D eigenvalue weighted by Gasteiger charge is -2.01. The Balaban J connectivity index is 2.41. The molecule has 2 aromatic rings. The number of hydrogen-bond donors (Lipinski definition) is 2. The zero-order chi connectivity index (χ0) is 12.6. The third-order valence-corrected chi connectivity index (χ3v) is 4.14. The van der Waals surface area contributed by atoms with Crippen molar-refractivity contribution in [3.05, 3.63) is 17.1 Å². The van der Waals surface area contributed by atoms with Gasteiger partial charge in [0.05, 0.1) is 11.3 Å². The van der Waals surface area contributed by atoms with Crippen LogP contribution in [0.1, 0.15) is 17.1 Å². The molecule has 2 rings (SSSR count). The van der Waals surface area contributed by atoms with E-state index in [4.69, 9.17) is 11.1 Å². The smallest absolute Gasteiger partial charge is 0.176 e. The van der Waals surface area contributed by atoms with E-state index in [-0.39, 0.29) is 5.84 Å². The van der Waals surface area contributed by atoms with Crippen LogP contribution in [0.25, 0.3) is 0 Å². The molecule has 0 bridgehead atoms. The number of rotatable bonds is 3. The molecule has 0 aliphatic rings. The molecule has 17 heavy (non-hydrogen) atoms. The number of amidine groups is 1. The molecule has 0 aliphatic carbocycles. The van der Waals surface area contributed by atoms with Gasteiger partial charge in [-0.3, -0.25) is 10.1 Å². The van der Waals surface area contributed by atoms with Gasteiger partial charge in [0.15, 0.2) is 4.34 Å². The molecule has 0 unspecified atom stereocenters. The summed E-state index contributed by atoms with van der Waals surface area (Å²) in [6.07, 6.45) is 0. The number of hydrogen-bond acceptors (Lipinski definition) is 6. The molecular weight excluding hydrogens is 256 g/mol. The van der Waals surface area contributed by atoms with Crippen molar-refractivity contribution in [1.29, 1.82) is 5.41 Å². The van der Waals surface area contributed by atoms with Crippen LogP contribution in [0.15, 0.2) is 9.37 Å². The molecule has 2 aromatic heterocycles. The van der Waals surface area contributed by atoms with Gasteiger partial charge in [-0.2, -0.15) is 9.47 Å². The molecule has 3 N–H and O–H groups in total. The molecule has 0 fully saturated rings. The Hall–Kier alpha value is -1.41. The van der Waals surface area contributed by atoms with E-state index in [2.05, 4.69) is 14.5 Å². The van der Waals surface area contributed by atoms with Crippen molar-refractivity contribution in [3.63, 3.8) is 0 Å². The number of nitrogens with two attached hydrogens (primary N) is 1. The number of nitrogens with one attached hydrogen (secondary N) is 1. The fraction of sp³-hybridized carbons (Fsp3) is 0.333. The van der Waals surface area contributed by atoms with Crippen LogP contribution in [0.5, 0.6) is 0 Å². The molecule has 0 saturated carbocycles. The first kappa shape index (κ1) is 12.1. The van der Waals surface area contributed by atoms with Gasteiger partial charge in [-0.05, 0) is 37.1 Å². The third-order valence-electron chi connectivity index (χ3n) is 2.13. The molecule has 0 spiro atoms. The number of aryl methyl sites for hydroxylation is 3. The molecule has 0 saturated heterocycles. The first-order valence-corrected chi connectivity index (χ1v) is 6.44. The second kappa shape index (κ2) is 4.46. The third kappa shape index (κ3) is 2.32. The van der Waals surface area contributed by atoms with Gasteiger partial charge in [0.2, 0.25) is 0 Å². The molecule has 0 radical (unpaired) electrons. The molecule has 0 amide bonds. The summed E-state index contributed by atoms with van der Waals surface area (Å²) in [5.41, 5.74) is 7.00. The van der Waals surface area contributed by atoms with Gasteiger partial charge in [0.25, 0.3) is 0 Å². The van der Waals surface area contributed by atoms with Crippen molar-refractivity contribution >= 4 is 29.1 Å². The van der Waals surface area contributed by atoms with Gasteiger partial charge in [-0.15, -0.1) is 0 Å². The molecule has 8 heteroatoms. The Morgan fingerprint density at radius 3 is 2.71 bits per heavy atom. The summed E-state index contributed by atoms with van der Waals surface area (Å²) in [4.78, 5) is 4.27. The number of nitrogen functional groups attached to an aromatic ring is 1. The molecule has 90 valence electrons. The zero-order valence-corrected chi connectivity index (χ0v) is 11.3. The lowest BCUT2D eigenvalue weighted by Crippen LogP contribution is -2.13. The number of aromatic nitrogens is 4.